The van der Waals surface area contributed by atoms with Gasteiger partial charge in [-0.1, -0.05) is 0 Å². The zero-order valence-corrected chi connectivity index (χ0v) is 7.66. The first kappa shape index (κ1) is 10.7. The second-order valence-corrected chi connectivity index (χ2v) is 2.85. The summed E-state index contributed by atoms with van der Waals surface area (Å²) in [7, 11) is 1.42. The molecule has 3 nitrogen and oxygen atoms in total. The van der Waals surface area contributed by atoms with Gasteiger partial charge in [-0.15, -0.1) is 12.4 Å². The summed E-state index contributed by atoms with van der Waals surface area (Å²) in [5.41, 5.74) is -0.408. The van der Waals surface area contributed by atoms with E-state index in [-0.39, 0.29) is 18.4 Å². The highest BCUT2D eigenvalue weighted by Crippen LogP contribution is 2.19. The molecule has 1 saturated heterocycles. The summed E-state index contributed by atoms with van der Waals surface area (Å²) in [5, 5.41) is 3.11. The standard InChI is InChI=1S/C7H13NO2.ClH/c1-7(6(9)10-2)4-3-5-8-7;/h8H,3-5H2,1-2H3;1H/t7-;/m0./s1. The Labute approximate surface area is 72.9 Å². The molecule has 0 bridgehead atoms. The fourth-order valence-electron chi connectivity index (χ4n) is 1.29. The van der Waals surface area contributed by atoms with Gasteiger partial charge in [0.1, 0.15) is 5.54 Å². The first-order valence-electron chi connectivity index (χ1n) is 3.52. The summed E-state index contributed by atoms with van der Waals surface area (Å²) in [5.74, 6) is -0.148. The van der Waals surface area contributed by atoms with Gasteiger partial charge in [-0.05, 0) is 26.3 Å². The molecule has 0 unspecified atom stereocenters. The van der Waals surface area contributed by atoms with Crippen LogP contribution in [0.4, 0.5) is 0 Å². The van der Waals surface area contributed by atoms with Crippen LogP contribution in [0.1, 0.15) is 19.8 Å². The number of carbonyl (C=O) groups excluding carboxylic acids is 1. The van der Waals surface area contributed by atoms with E-state index in [4.69, 9.17) is 0 Å². The highest BCUT2D eigenvalue weighted by molar-refractivity contribution is 5.85. The van der Waals surface area contributed by atoms with E-state index in [0.29, 0.717) is 0 Å². The zero-order valence-electron chi connectivity index (χ0n) is 6.85. The van der Waals surface area contributed by atoms with Crippen LogP contribution in [0.5, 0.6) is 0 Å². The molecule has 0 amide bonds. The Morgan fingerprint density at radius 1 is 1.64 bits per heavy atom. The van der Waals surface area contributed by atoms with Crippen LogP contribution >= 0.6 is 12.4 Å². The lowest BCUT2D eigenvalue weighted by atomic mass is 10.0. The minimum Gasteiger partial charge on any atom is -0.468 e. The minimum atomic E-state index is -0.408. The summed E-state index contributed by atoms with van der Waals surface area (Å²) < 4.78 is 4.64. The number of halogens is 1. The van der Waals surface area contributed by atoms with Gasteiger partial charge in [0.05, 0.1) is 7.11 Å². The van der Waals surface area contributed by atoms with Gasteiger partial charge < -0.3 is 10.1 Å². The van der Waals surface area contributed by atoms with Crippen molar-refractivity contribution < 1.29 is 9.53 Å². The molecule has 1 atom stereocenters. The van der Waals surface area contributed by atoms with Gasteiger partial charge in [0.15, 0.2) is 0 Å². The number of nitrogens with one attached hydrogen (secondary N) is 1. The highest BCUT2D eigenvalue weighted by atomic mass is 35.5. The molecule has 11 heavy (non-hydrogen) atoms. The van der Waals surface area contributed by atoms with Crippen molar-refractivity contribution in [3.8, 4) is 0 Å². The smallest absolute Gasteiger partial charge is 0.325 e. The number of ether oxygens (including phenoxy) is 1. The van der Waals surface area contributed by atoms with E-state index in [0.717, 1.165) is 19.4 Å². The van der Waals surface area contributed by atoms with E-state index in [1.54, 1.807) is 0 Å². The molecular weight excluding hydrogens is 166 g/mol. The van der Waals surface area contributed by atoms with Crippen LogP contribution in [0.3, 0.4) is 0 Å². The number of rotatable bonds is 1. The molecule has 0 aromatic rings. The molecule has 0 saturated carbocycles. The molecule has 1 rings (SSSR count). The van der Waals surface area contributed by atoms with Crippen molar-refractivity contribution in [1.82, 2.24) is 5.32 Å². The van der Waals surface area contributed by atoms with Crippen LogP contribution in [-0.2, 0) is 9.53 Å². The molecule has 0 aliphatic carbocycles. The summed E-state index contributed by atoms with van der Waals surface area (Å²) in [6.45, 7) is 2.80. The minimum absolute atomic E-state index is 0. The monoisotopic (exact) mass is 179 g/mol. The number of hydrogen-bond donors (Lipinski definition) is 1. The maximum absolute atomic E-state index is 11.1. The van der Waals surface area contributed by atoms with Gasteiger partial charge in [0, 0.05) is 0 Å². The van der Waals surface area contributed by atoms with Crippen LogP contribution < -0.4 is 5.32 Å². The van der Waals surface area contributed by atoms with E-state index < -0.39 is 5.54 Å². The fraction of sp³-hybridized carbons (Fsp3) is 0.857. The summed E-state index contributed by atoms with van der Waals surface area (Å²) in [6.07, 6.45) is 1.95. The molecule has 4 heteroatoms. The zero-order chi connectivity index (χ0) is 7.61. The number of carbonyl (C=O) groups is 1. The molecule has 1 heterocycles. The Hall–Kier alpha value is -0.280. The van der Waals surface area contributed by atoms with Crippen LogP contribution in [0.2, 0.25) is 0 Å². The molecule has 1 aliphatic rings. The van der Waals surface area contributed by atoms with Crippen LogP contribution in [0.15, 0.2) is 0 Å². The van der Waals surface area contributed by atoms with Crippen molar-refractivity contribution in [1.29, 1.82) is 0 Å². The van der Waals surface area contributed by atoms with E-state index >= 15 is 0 Å². The van der Waals surface area contributed by atoms with Gasteiger partial charge in [-0.3, -0.25) is 4.79 Å². The fourth-order valence-corrected chi connectivity index (χ4v) is 1.29. The van der Waals surface area contributed by atoms with Gasteiger partial charge in [0.2, 0.25) is 0 Å². The Morgan fingerprint density at radius 2 is 2.27 bits per heavy atom. The van der Waals surface area contributed by atoms with Gasteiger partial charge in [-0.2, -0.15) is 0 Å². The third kappa shape index (κ3) is 2.07. The number of methoxy groups -OCH3 is 1. The Balaban J connectivity index is 0.000001000. The van der Waals surface area contributed by atoms with E-state index in [1.165, 1.54) is 7.11 Å². The first-order chi connectivity index (χ1) is 4.69. The van der Waals surface area contributed by atoms with Gasteiger partial charge >= 0.3 is 5.97 Å². The second kappa shape index (κ2) is 3.93. The first-order valence-corrected chi connectivity index (χ1v) is 3.52. The maximum atomic E-state index is 11.1. The molecule has 1 N–H and O–H groups in total. The predicted molar refractivity (Wildman–Crippen MR) is 44.9 cm³/mol. The topological polar surface area (TPSA) is 38.3 Å². The van der Waals surface area contributed by atoms with E-state index in [9.17, 15) is 4.79 Å². The van der Waals surface area contributed by atoms with Crippen LogP contribution in [0, 0.1) is 0 Å². The molecule has 1 fully saturated rings. The highest BCUT2D eigenvalue weighted by Gasteiger charge is 2.36. The van der Waals surface area contributed by atoms with E-state index in [1.807, 2.05) is 6.92 Å². The van der Waals surface area contributed by atoms with Crippen molar-refractivity contribution >= 4 is 18.4 Å². The predicted octanol–water partition coefficient (Wildman–Crippen LogP) is 0.723. The van der Waals surface area contributed by atoms with Crippen LogP contribution in [0.25, 0.3) is 0 Å². The average molecular weight is 180 g/mol. The largest absolute Gasteiger partial charge is 0.468 e. The molecule has 0 radical (unpaired) electrons. The number of hydrogen-bond acceptors (Lipinski definition) is 3. The number of esters is 1. The molecule has 0 aromatic heterocycles. The normalized spacial score (nSPS) is 29.3. The Morgan fingerprint density at radius 3 is 2.64 bits per heavy atom. The lowest BCUT2D eigenvalue weighted by molar-refractivity contribution is -0.147. The van der Waals surface area contributed by atoms with E-state index in [2.05, 4.69) is 10.1 Å². The lowest BCUT2D eigenvalue weighted by Gasteiger charge is -2.19. The third-order valence-corrected chi connectivity index (χ3v) is 2.00. The molecule has 1 aliphatic heterocycles. The molecular formula is C7H14ClNO2. The Kier molecular flexibility index (Phi) is 3.83. The molecule has 0 spiro atoms. The SMILES string of the molecule is COC(=O)[C@]1(C)CCCN1.Cl. The summed E-state index contributed by atoms with van der Waals surface area (Å²) in [6, 6.07) is 0. The quantitative estimate of drug-likeness (QED) is 0.603. The van der Waals surface area contributed by atoms with Crippen molar-refractivity contribution in [2.75, 3.05) is 13.7 Å². The van der Waals surface area contributed by atoms with Crippen molar-refractivity contribution in [2.24, 2.45) is 0 Å². The maximum Gasteiger partial charge on any atom is 0.325 e. The van der Waals surface area contributed by atoms with Gasteiger partial charge in [0.25, 0.3) is 0 Å². The summed E-state index contributed by atoms with van der Waals surface area (Å²) in [4.78, 5) is 11.1. The molecule has 0 aromatic carbocycles. The lowest BCUT2D eigenvalue weighted by Crippen LogP contribution is -2.45. The molecule has 66 valence electrons. The van der Waals surface area contributed by atoms with Crippen LogP contribution in [-0.4, -0.2) is 25.2 Å². The van der Waals surface area contributed by atoms with Crippen molar-refractivity contribution in [3.63, 3.8) is 0 Å². The van der Waals surface area contributed by atoms with Crippen molar-refractivity contribution in [2.45, 2.75) is 25.3 Å². The summed E-state index contributed by atoms with van der Waals surface area (Å²) >= 11 is 0. The van der Waals surface area contributed by atoms with Gasteiger partial charge in [-0.25, -0.2) is 0 Å². The average Bonchev–Trinajstić information content (AvgIpc) is 2.36. The van der Waals surface area contributed by atoms with Crippen molar-refractivity contribution in [3.05, 3.63) is 0 Å². The Bertz CT molecular complexity index is 143. The third-order valence-electron chi connectivity index (χ3n) is 2.00. The second-order valence-electron chi connectivity index (χ2n) is 2.85.